The number of anilines is 2. The Morgan fingerprint density at radius 2 is 1.89 bits per heavy atom. The summed E-state index contributed by atoms with van der Waals surface area (Å²) in [6.07, 6.45) is -0.645. The summed E-state index contributed by atoms with van der Waals surface area (Å²) in [7, 11) is 0. The first-order valence-corrected chi connectivity index (χ1v) is 5.73. The van der Waals surface area contributed by atoms with Crippen LogP contribution in [0, 0.1) is 6.92 Å². The van der Waals surface area contributed by atoms with Crippen LogP contribution in [-0.4, -0.2) is 22.8 Å². The first-order chi connectivity index (χ1) is 8.60. The van der Waals surface area contributed by atoms with Crippen molar-refractivity contribution < 1.29 is 19.4 Å². The zero-order valence-electron chi connectivity index (χ0n) is 11.4. The van der Waals surface area contributed by atoms with Crippen LogP contribution in [0.3, 0.4) is 0 Å². The molecular weight excluding hydrogens is 248 g/mol. The summed E-state index contributed by atoms with van der Waals surface area (Å²) in [6.45, 7) is 6.89. The fourth-order valence-electron chi connectivity index (χ4n) is 1.47. The minimum Gasteiger partial charge on any atom is -0.478 e. The third kappa shape index (κ3) is 4.17. The third-order valence-electron chi connectivity index (χ3n) is 2.26. The van der Waals surface area contributed by atoms with E-state index in [0.29, 0.717) is 11.3 Å². The van der Waals surface area contributed by atoms with E-state index < -0.39 is 17.7 Å². The molecule has 0 fully saturated rings. The quantitative estimate of drug-likeness (QED) is 0.714. The van der Waals surface area contributed by atoms with Crippen molar-refractivity contribution in [2.45, 2.75) is 33.3 Å². The number of hydrogen-bond acceptors (Lipinski definition) is 4. The van der Waals surface area contributed by atoms with E-state index in [9.17, 15) is 9.59 Å². The highest BCUT2D eigenvalue weighted by Gasteiger charge is 2.18. The van der Waals surface area contributed by atoms with Gasteiger partial charge in [-0.25, -0.2) is 9.59 Å². The number of rotatable bonds is 2. The van der Waals surface area contributed by atoms with Crippen molar-refractivity contribution in [1.29, 1.82) is 0 Å². The van der Waals surface area contributed by atoms with Crippen LogP contribution in [-0.2, 0) is 4.74 Å². The largest absolute Gasteiger partial charge is 0.478 e. The molecule has 0 saturated heterocycles. The van der Waals surface area contributed by atoms with E-state index in [4.69, 9.17) is 15.6 Å². The normalized spacial score (nSPS) is 10.9. The van der Waals surface area contributed by atoms with Crippen LogP contribution in [0.4, 0.5) is 16.2 Å². The molecule has 0 radical (unpaired) electrons. The Balaban J connectivity index is 2.97. The fraction of sp³-hybridized carbons (Fsp3) is 0.385. The smallest absolute Gasteiger partial charge is 0.412 e. The second-order valence-electron chi connectivity index (χ2n) is 5.19. The van der Waals surface area contributed by atoms with Crippen LogP contribution < -0.4 is 11.1 Å². The van der Waals surface area contributed by atoms with Crippen molar-refractivity contribution in [1.82, 2.24) is 0 Å². The van der Waals surface area contributed by atoms with Gasteiger partial charge in [0.15, 0.2) is 0 Å². The molecule has 0 atom stereocenters. The van der Waals surface area contributed by atoms with Crippen LogP contribution in [0.5, 0.6) is 0 Å². The molecule has 0 aromatic heterocycles. The molecule has 1 amide bonds. The zero-order valence-corrected chi connectivity index (χ0v) is 11.4. The summed E-state index contributed by atoms with van der Waals surface area (Å²) in [5, 5.41) is 11.5. The van der Waals surface area contributed by atoms with Crippen molar-refractivity contribution in [2.75, 3.05) is 11.1 Å². The number of carbonyl (C=O) groups is 2. The van der Waals surface area contributed by atoms with Gasteiger partial charge in [0.2, 0.25) is 0 Å². The number of nitrogens with one attached hydrogen (secondary N) is 1. The first kappa shape index (κ1) is 14.8. The molecule has 1 aromatic rings. The molecule has 0 heterocycles. The Morgan fingerprint density at radius 3 is 2.37 bits per heavy atom. The number of carbonyl (C=O) groups excluding carboxylic acids is 1. The van der Waals surface area contributed by atoms with Gasteiger partial charge in [0, 0.05) is 11.4 Å². The van der Waals surface area contributed by atoms with E-state index in [-0.39, 0.29) is 11.3 Å². The Bertz CT molecular complexity index is 518. The number of nitrogen functional groups attached to an aromatic ring is 1. The average Bonchev–Trinajstić information content (AvgIpc) is 2.19. The van der Waals surface area contributed by atoms with E-state index in [0.717, 1.165) is 0 Å². The number of aromatic carboxylic acids is 1. The maximum absolute atomic E-state index is 11.6. The predicted octanol–water partition coefficient (Wildman–Crippen LogP) is 2.62. The Hall–Kier alpha value is -2.24. The number of benzene rings is 1. The molecule has 19 heavy (non-hydrogen) atoms. The van der Waals surface area contributed by atoms with Gasteiger partial charge in [-0.2, -0.15) is 0 Å². The molecule has 0 aliphatic carbocycles. The summed E-state index contributed by atoms with van der Waals surface area (Å²) in [6, 6.07) is 2.89. The number of carboxylic acid groups (broad SMARTS) is 1. The van der Waals surface area contributed by atoms with Gasteiger partial charge in [0.05, 0.1) is 5.56 Å². The lowest BCUT2D eigenvalue weighted by atomic mass is 10.1. The first-order valence-electron chi connectivity index (χ1n) is 5.73. The number of nitrogens with two attached hydrogens (primary N) is 1. The predicted molar refractivity (Wildman–Crippen MR) is 72.4 cm³/mol. The summed E-state index contributed by atoms with van der Waals surface area (Å²) in [4.78, 5) is 22.6. The maximum Gasteiger partial charge on any atom is 0.412 e. The molecule has 0 bridgehead atoms. The molecule has 4 N–H and O–H groups in total. The number of hydrogen-bond donors (Lipinski definition) is 3. The topological polar surface area (TPSA) is 102 Å². The molecule has 0 saturated carbocycles. The molecule has 1 rings (SSSR count). The van der Waals surface area contributed by atoms with Crippen LogP contribution >= 0.6 is 0 Å². The van der Waals surface area contributed by atoms with E-state index in [1.54, 1.807) is 33.8 Å². The molecular formula is C13H18N2O4. The summed E-state index contributed by atoms with van der Waals surface area (Å²) >= 11 is 0. The minimum atomic E-state index is -1.14. The average molecular weight is 266 g/mol. The van der Waals surface area contributed by atoms with E-state index in [2.05, 4.69) is 5.32 Å². The summed E-state index contributed by atoms with van der Waals surface area (Å²) in [5.74, 6) is -1.14. The highest BCUT2D eigenvalue weighted by molar-refractivity contribution is 5.97. The molecule has 0 spiro atoms. The summed E-state index contributed by atoms with van der Waals surface area (Å²) in [5.41, 5.74) is 6.08. The van der Waals surface area contributed by atoms with Crippen molar-refractivity contribution in [3.8, 4) is 0 Å². The zero-order chi connectivity index (χ0) is 14.8. The standard InChI is InChI=1S/C13H18N2O4/c1-7-5-8(6-9(10(7)14)11(16)17)15-12(18)19-13(2,3)4/h5-6H,14H2,1-4H3,(H,15,18)(H,16,17). The Labute approximate surface area is 111 Å². The highest BCUT2D eigenvalue weighted by atomic mass is 16.6. The molecule has 0 aliphatic rings. The van der Waals surface area contributed by atoms with Crippen molar-refractivity contribution >= 4 is 23.4 Å². The van der Waals surface area contributed by atoms with Gasteiger partial charge in [-0.05, 0) is 45.4 Å². The van der Waals surface area contributed by atoms with Crippen molar-refractivity contribution in [3.63, 3.8) is 0 Å². The third-order valence-corrected chi connectivity index (χ3v) is 2.26. The monoisotopic (exact) mass is 266 g/mol. The number of amides is 1. The van der Waals surface area contributed by atoms with Gasteiger partial charge < -0.3 is 15.6 Å². The van der Waals surface area contributed by atoms with Gasteiger partial charge in [-0.1, -0.05) is 0 Å². The van der Waals surface area contributed by atoms with Gasteiger partial charge in [0.25, 0.3) is 0 Å². The lowest BCUT2D eigenvalue weighted by molar-refractivity contribution is 0.0633. The van der Waals surface area contributed by atoms with E-state index >= 15 is 0 Å². The van der Waals surface area contributed by atoms with Crippen LogP contribution in [0.2, 0.25) is 0 Å². The lowest BCUT2D eigenvalue weighted by Crippen LogP contribution is -2.27. The number of carboxylic acids is 1. The molecule has 6 nitrogen and oxygen atoms in total. The fourth-order valence-corrected chi connectivity index (χ4v) is 1.47. The second kappa shape index (κ2) is 5.17. The molecule has 0 aliphatic heterocycles. The lowest BCUT2D eigenvalue weighted by Gasteiger charge is -2.20. The Kier molecular flexibility index (Phi) is 4.04. The summed E-state index contributed by atoms with van der Waals surface area (Å²) < 4.78 is 5.08. The minimum absolute atomic E-state index is 0.0499. The SMILES string of the molecule is Cc1cc(NC(=O)OC(C)(C)C)cc(C(=O)O)c1N. The number of ether oxygens (including phenoxy) is 1. The maximum atomic E-state index is 11.6. The van der Waals surface area contributed by atoms with Crippen molar-refractivity contribution in [2.24, 2.45) is 0 Å². The number of aryl methyl sites for hydroxylation is 1. The Morgan fingerprint density at radius 1 is 1.32 bits per heavy atom. The molecule has 0 unspecified atom stereocenters. The van der Waals surface area contributed by atoms with Crippen molar-refractivity contribution in [3.05, 3.63) is 23.3 Å². The van der Waals surface area contributed by atoms with Crippen LogP contribution in [0.15, 0.2) is 12.1 Å². The van der Waals surface area contributed by atoms with Crippen LogP contribution in [0.1, 0.15) is 36.7 Å². The van der Waals surface area contributed by atoms with Gasteiger partial charge >= 0.3 is 12.1 Å². The highest BCUT2D eigenvalue weighted by Crippen LogP contribution is 2.23. The van der Waals surface area contributed by atoms with Gasteiger partial charge in [0.1, 0.15) is 5.60 Å². The van der Waals surface area contributed by atoms with Gasteiger partial charge in [-0.15, -0.1) is 0 Å². The van der Waals surface area contributed by atoms with E-state index in [1.807, 2.05) is 0 Å². The van der Waals surface area contributed by atoms with Gasteiger partial charge in [-0.3, -0.25) is 5.32 Å². The molecule has 104 valence electrons. The van der Waals surface area contributed by atoms with Crippen LogP contribution in [0.25, 0.3) is 0 Å². The second-order valence-corrected chi connectivity index (χ2v) is 5.19. The van der Waals surface area contributed by atoms with E-state index in [1.165, 1.54) is 6.07 Å². The molecule has 6 heteroatoms. The molecule has 1 aromatic carbocycles.